The molecule has 1 aliphatic heterocycles. The van der Waals surface area contributed by atoms with Crippen molar-refractivity contribution in [3.8, 4) is 5.88 Å². The van der Waals surface area contributed by atoms with E-state index in [1.54, 1.807) is 25.4 Å². The zero-order valence-corrected chi connectivity index (χ0v) is 9.19. The molecule has 0 unspecified atom stereocenters. The maximum Gasteiger partial charge on any atom is 0.224 e. The Hall–Kier alpha value is -1.62. The Morgan fingerprint density at radius 3 is 2.94 bits per heavy atom. The highest BCUT2D eigenvalue weighted by atomic mass is 16.5. The number of nitrogens with one attached hydrogen (secondary N) is 2. The molecule has 0 atom stereocenters. The topological polar surface area (TPSA) is 63.2 Å². The second kappa shape index (κ2) is 4.94. The first-order chi connectivity index (χ1) is 7.78. The fraction of sp³-hybridized carbons (Fsp3) is 0.455. The average Bonchev–Trinajstić information content (AvgIpc) is 2.25. The van der Waals surface area contributed by atoms with Crippen LogP contribution < -0.4 is 15.4 Å². The van der Waals surface area contributed by atoms with E-state index in [1.807, 2.05) is 0 Å². The van der Waals surface area contributed by atoms with Gasteiger partial charge in [0.25, 0.3) is 0 Å². The van der Waals surface area contributed by atoms with Gasteiger partial charge in [0.05, 0.1) is 19.0 Å². The van der Waals surface area contributed by atoms with Gasteiger partial charge in [0.15, 0.2) is 0 Å². The molecule has 1 saturated heterocycles. The van der Waals surface area contributed by atoms with Gasteiger partial charge in [-0.1, -0.05) is 0 Å². The van der Waals surface area contributed by atoms with E-state index in [0.29, 0.717) is 23.9 Å². The molecule has 1 amide bonds. The molecular formula is C11H15N3O2. The van der Waals surface area contributed by atoms with Crippen molar-refractivity contribution < 1.29 is 9.53 Å². The molecule has 0 saturated carbocycles. The van der Waals surface area contributed by atoms with E-state index in [0.717, 1.165) is 13.1 Å². The van der Waals surface area contributed by atoms with Crippen LogP contribution in [0.1, 0.15) is 6.42 Å². The molecule has 5 heteroatoms. The quantitative estimate of drug-likeness (QED) is 0.783. The third-order valence-electron chi connectivity index (χ3n) is 2.57. The SMILES string of the molecule is COc1ccc(NC(=O)CC2CNC2)cn1. The molecule has 1 aliphatic rings. The first-order valence-electron chi connectivity index (χ1n) is 5.28. The van der Waals surface area contributed by atoms with Crippen LogP contribution in [0.4, 0.5) is 5.69 Å². The van der Waals surface area contributed by atoms with Crippen molar-refractivity contribution in [3.63, 3.8) is 0 Å². The van der Waals surface area contributed by atoms with Gasteiger partial charge in [-0.25, -0.2) is 4.98 Å². The predicted molar refractivity (Wildman–Crippen MR) is 60.4 cm³/mol. The van der Waals surface area contributed by atoms with Crippen molar-refractivity contribution in [2.75, 3.05) is 25.5 Å². The monoisotopic (exact) mass is 221 g/mol. The number of ether oxygens (including phenoxy) is 1. The summed E-state index contributed by atoms with van der Waals surface area (Å²) in [6.45, 7) is 1.88. The van der Waals surface area contributed by atoms with Crippen molar-refractivity contribution >= 4 is 11.6 Å². The molecule has 5 nitrogen and oxygen atoms in total. The van der Waals surface area contributed by atoms with Crippen molar-refractivity contribution in [3.05, 3.63) is 18.3 Å². The molecule has 2 rings (SSSR count). The van der Waals surface area contributed by atoms with Crippen LogP contribution in [0.15, 0.2) is 18.3 Å². The second-order valence-corrected chi connectivity index (χ2v) is 3.87. The van der Waals surface area contributed by atoms with Crippen molar-refractivity contribution in [1.82, 2.24) is 10.3 Å². The summed E-state index contributed by atoms with van der Waals surface area (Å²) in [5, 5.41) is 5.94. The number of methoxy groups -OCH3 is 1. The van der Waals surface area contributed by atoms with E-state index >= 15 is 0 Å². The van der Waals surface area contributed by atoms with Gasteiger partial charge in [-0.05, 0) is 25.1 Å². The number of rotatable bonds is 4. The lowest BCUT2D eigenvalue weighted by Crippen LogP contribution is -2.43. The number of hydrogen-bond acceptors (Lipinski definition) is 4. The molecule has 1 aromatic rings. The lowest BCUT2D eigenvalue weighted by Gasteiger charge is -2.26. The van der Waals surface area contributed by atoms with Gasteiger partial charge < -0.3 is 15.4 Å². The third kappa shape index (κ3) is 2.70. The second-order valence-electron chi connectivity index (χ2n) is 3.87. The molecule has 0 aliphatic carbocycles. The van der Waals surface area contributed by atoms with Gasteiger partial charge >= 0.3 is 0 Å². The van der Waals surface area contributed by atoms with Crippen LogP contribution in [0, 0.1) is 5.92 Å². The minimum absolute atomic E-state index is 0.0402. The molecule has 86 valence electrons. The van der Waals surface area contributed by atoms with Crippen molar-refractivity contribution in [2.24, 2.45) is 5.92 Å². The van der Waals surface area contributed by atoms with E-state index in [1.165, 1.54) is 0 Å². The highest BCUT2D eigenvalue weighted by Gasteiger charge is 2.19. The molecule has 2 heterocycles. The Kier molecular flexibility index (Phi) is 3.36. The highest BCUT2D eigenvalue weighted by molar-refractivity contribution is 5.90. The first kappa shape index (κ1) is 10.9. The van der Waals surface area contributed by atoms with E-state index in [4.69, 9.17) is 4.74 Å². The Morgan fingerprint density at radius 1 is 1.62 bits per heavy atom. The molecule has 0 radical (unpaired) electrons. The van der Waals surface area contributed by atoms with Crippen LogP contribution in [0.2, 0.25) is 0 Å². The number of carbonyl (C=O) groups is 1. The van der Waals surface area contributed by atoms with Gasteiger partial charge in [-0.15, -0.1) is 0 Å². The Bertz CT molecular complexity index is 360. The summed E-state index contributed by atoms with van der Waals surface area (Å²) in [4.78, 5) is 15.6. The Balaban J connectivity index is 1.84. The summed E-state index contributed by atoms with van der Waals surface area (Å²) >= 11 is 0. The van der Waals surface area contributed by atoms with Crippen molar-refractivity contribution in [2.45, 2.75) is 6.42 Å². The molecule has 0 spiro atoms. The minimum Gasteiger partial charge on any atom is -0.481 e. The Labute approximate surface area is 94.2 Å². The summed E-state index contributed by atoms with van der Waals surface area (Å²) in [5.74, 6) is 1.06. The fourth-order valence-corrected chi connectivity index (χ4v) is 1.54. The summed E-state index contributed by atoms with van der Waals surface area (Å²) < 4.78 is 4.93. The van der Waals surface area contributed by atoms with Gasteiger partial charge in [0, 0.05) is 12.5 Å². The lowest BCUT2D eigenvalue weighted by atomic mass is 9.99. The van der Waals surface area contributed by atoms with Gasteiger partial charge in [0.1, 0.15) is 0 Å². The number of nitrogens with zero attached hydrogens (tertiary/aromatic N) is 1. The largest absolute Gasteiger partial charge is 0.481 e. The van der Waals surface area contributed by atoms with Gasteiger partial charge in [-0.2, -0.15) is 0 Å². The minimum atomic E-state index is 0.0402. The lowest BCUT2D eigenvalue weighted by molar-refractivity contribution is -0.117. The number of pyridine rings is 1. The maximum atomic E-state index is 11.6. The number of carbonyl (C=O) groups excluding carboxylic acids is 1. The number of hydrogen-bond donors (Lipinski definition) is 2. The zero-order valence-electron chi connectivity index (χ0n) is 9.19. The molecular weight excluding hydrogens is 206 g/mol. The molecule has 1 fully saturated rings. The van der Waals surface area contributed by atoms with Gasteiger partial charge in [-0.3, -0.25) is 4.79 Å². The van der Waals surface area contributed by atoms with E-state index < -0.39 is 0 Å². The van der Waals surface area contributed by atoms with Crippen LogP contribution in [-0.4, -0.2) is 31.1 Å². The summed E-state index contributed by atoms with van der Waals surface area (Å²) in [7, 11) is 1.56. The molecule has 0 bridgehead atoms. The number of aromatic nitrogens is 1. The van der Waals surface area contributed by atoms with Crippen LogP contribution in [0.5, 0.6) is 5.88 Å². The standard InChI is InChI=1S/C11H15N3O2/c1-16-11-3-2-9(7-13-11)14-10(15)4-8-5-12-6-8/h2-3,7-8,12H,4-6H2,1H3,(H,14,15). The van der Waals surface area contributed by atoms with Crippen molar-refractivity contribution in [1.29, 1.82) is 0 Å². The summed E-state index contributed by atoms with van der Waals surface area (Å²) in [5.41, 5.74) is 0.707. The normalized spacial score (nSPS) is 15.3. The average molecular weight is 221 g/mol. The first-order valence-corrected chi connectivity index (χ1v) is 5.28. The van der Waals surface area contributed by atoms with E-state index in [9.17, 15) is 4.79 Å². The summed E-state index contributed by atoms with van der Waals surface area (Å²) in [6.07, 6.45) is 2.16. The molecule has 0 aromatic carbocycles. The van der Waals surface area contributed by atoms with Gasteiger partial charge in [0.2, 0.25) is 11.8 Å². The van der Waals surface area contributed by atoms with E-state index in [-0.39, 0.29) is 5.91 Å². The van der Waals surface area contributed by atoms with Crippen LogP contribution in [0.25, 0.3) is 0 Å². The Morgan fingerprint density at radius 2 is 2.44 bits per heavy atom. The summed E-state index contributed by atoms with van der Waals surface area (Å²) in [6, 6.07) is 3.50. The highest BCUT2D eigenvalue weighted by Crippen LogP contribution is 2.13. The van der Waals surface area contributed by atoms with E-state index in [2.05, 4.69) is 15.6 Å². The third-order valence-corrected chi connectivity index (χ3v) is 2.57. The van der Waals surface area contributed by atoms with Crippen LogP contribution in [-0.2, 0) is 4.79 Å². The molecule has 2 N–H and O–H groups in total. The zero-order chi connectivity index (χ0) is 11.4. The fourth-order valence-electron chi connectivity index (χ4n) is 1.54. The molecule has 16 heavy (non-hydrogen) atoms. The smallest absolute Gasteiger partial charge is 0.224 e. The van der Waals surface area contributed by atoms with Crippen LogP contribution >= 0.6 is 0 Å². The number of amides is 1. The maximum absolute atomic E-state index is 11.6. The van der Waals surface area contributed by atoms with Crippen LogP contribution in [0.3, 0.4) is 0 Å². The molecule has 1 aromatic heterocycles. The number of anilines is 1. The predicted octanol–water partition coefficient (Wildman–Crippen LogP) is 0.638.